The molecule has 5 heteroatoms. The third-order valence-corrected chi connectivity index (χ3v) is 3.34. The number of benzene rings is 2. The first kappa shape index (κ1) is 16.8. The van der Waals surface area contributed by atoms with Crippen LogP contribution in [0.25, 0.3) is 10.9 Å². The predicted octanol–water partition coefficient (Wildman–Crippen LogP) is 5.37. The third-order valence-electron chi connectivity index (χ3n) is 3.34. The first-order valence-corrected chi connectivity index (χ1v) is 8.02. The van der Waals surface area contributed by atoms with E-state index in [4.69, 9.17) is 9.47 Å². The van der Waals surface area contributed by atoms with E-state index in [0.717, 1.165) is 16.7 Å². The molecule has 0 spiro atoms. The SMILES string of the molecule is CC(C)(C)OC(=O)Nc1ccc(Oc2ccnc3ccccc23)cc1. The summed E-state index contributed by atoms with van der Waals surface area (Å²) in [5, 5.41) is 3.64. The largest absolute Gasteiger partial charge is 0.457 e. The number of fused-ring (bicyclic) bond motifs is 1. The van der Waals surface area contributed by atoms with Crippen molar-refractivity contribution in [3.63, 3.8) is 0 Å². The summed E-state index contributed by atoms with van der Waals surface area (Å²) in [7, 11) is 0. The van der Waals surface area contributed by atoms with Crippen LogP contribution in [-0.4, -0.2) is 16.7 Å². The standard InChI is InChI=1S/C20H20N2O3/c1-20(2,3)25-19(23)22-14-8-10-15(11-9-14)24-18-12-13-21-17-7-5-4-6-16(17)18/h4-13H,1-3H3,(H,22,23). The summed E-state index contributed by atoms with van der Waals surface area (Å²) in [5.74, 6) is 1.41. The van der Waals surface area contributed by atoms with E-state index in [2.05, 4.69) is 10.3 Å². The maximum absolute atomic E-state index is 11.8. The van der Waals surface area contributed by atoms with E-state index in [1.165, 1.54) is 0 Å². The van der Waals surface area contributed by atoms with Crippen LogP contribution < -0.4 is 10.1 Å². The van der Waals surface area contributed by atoms with Crippen LogP contribution >= 0.6 is 0 Å². The van der Waals surface area contributed by atoms with E-state index >= 15 is 0 Å². The molecule has 0 unspecified atom stereocenters. The fourth-order valence-corrected chi connectivity index (χ4v) is 2.31. The lowest BCUT2D eigenvalue weighted by molar-refractivity contribution is 0.0636. The van der Waals surface area contributed by atoms with E-state index in [0.29, 0.717) is 11.4 Å². The van der Waals surface area contributed by atoms with Gasteiger partial charge in [-0.3, -0.25) is 10.3 Å². The molecule has 1 aromatic heterocycles. The molecule has 2 aromatic carbocycles. The van der Waals surface area contributed by atoms with Gasteiger partial charge >= 0.3 is 6.09 Å². The van der Waals surface area contributed by atoms with Gasteiger partial charge in [-0.2, -0.15) is 0 Å². The molecule has 1 N–H and O–H groups in total. The number of anilines is 1. The zero-order valence-electron chi connectivity index (χ0n) is 14.4. The minimum Gasteiger partial charge on any atom is -0.457 e. The lowest BCUT2D eigenvalue weighted by Gasteiger charge is -2.19. The quantitative estimate of drug-likeness (QED) is 0.698. The van der Waals surface area contributed by atoms with Crippen molar-refractivity contribution in [2.24, 2.45) is 0 Å². The van der Waals surface area contributed by atoms with Crippen molar-refractivity contribution >= 4 is 22.7 Å². The molecule has 0 fully saturated rings. The molecule has 1 heterocycles. The molecule has 3 rings (SSSR count). The number of pyridine rings is 1. The van der Waals surface area contributed by atoms with Gasteiger partial charge in [0.1, 0.15) is 17.1 Å². The third kappa shape index (κ3) is 4.47. The number of aromatic nitrogens is 1. The first-order chi connectivity index (χ1) is 11.9. The van der Waals surface area contributed by atoms with Gasteiger partial charge in [0.05, 0.1) is 5.52 Å². The fraction of sp³-hybridized carbons (Fsp3) is 0.200. The van der Waals surface area contributed by atoms with Crippen LogP contribution in [0.1, 0.15) is 20.8 Å². The van der Waals surface area contributed by atoms with Crippen molar-refractivity contribution in [1.82, 2.24) is 4.98 Å². The minimum atomic E-state index is -0.532. The summed E-state index contributed by atoms with van der Waals surface area (Å²) in [6, 6.07) is 16.7. The Hall–Kier alpha value is -3.08. The van der Waals surface area contributed by atoms with E-state index in [9.17, 15) is 4.79 Å². The molecule has 0 saturated heterocycles. The van der Waals surface area contributed by atoms with Crippen LogP contribution in [0.4, 0.5) is 10.5 Å². The summed E-state index contributed by atoms with van der Waals surface area (Å²) in [4.78, 5) is 16.1. The van der Waals surface area contributed by atoms with Crippen molar-refractivity contribution in [3.8, 4) is 11.5 Å². The van der Waals surface area contributed by atoms with E-state index in [1.54, 1.807) is 30.5 Å². The lowest BCUT2D eigenvalue weighted by atomic mass is 10.2. The number of hydrogen-bond donors (Lipinski definition) is 1. The Balaban J connectivity index is 1.71. The molecule has 128 valence electrons. The Morgan fingerprint density at radius 3 is 2.44 bits per heavy atom. The van der Waals surface area contributed by atoms with Crippen LogP contribution in [0.5, 0.6) is 11.5 Å². The summed E-state index contributed by atoms with van der Waals surface area (Å²) in [5.41, 5.74) is 0.986. The van der Waals surface area contributed by atoms with Crippen LogP contribution in [0, 0.1) is 0 Å². The number of nitrogens with one attached hydrogen (secondary N) is 1. The van der Waals surface area contributed by atoms with E-state index in [1.807, 2.05) is 51.1 Å². The topological polar surface area (TPSA) is 60.5 Å². The average molecular weight is 336 g/mol. The van der Waals surface area contributed by atoms with E-state index < -0.39 is 11.7 Å². The van der Waals surface area contributed by atoms with Crippen molar-refractivity contribution < 1.29 is 14.3 Å². The summed E-state index contributed by atoms with van der Waals surface area (Å²) in [6.07, 6.45) is 1.23. The highest BCUT2D eigenvalue weighted by atomic mass is 16.6. The Morgan fingerprint density at radius 1 is 1.00 bits per heavy atom. The highest BCUT2D eigenvalue weighted by molar-refractivity contribution is 5.86. The smallest absolute Gasteiger partial charge is 0.412 e. The summed E-state index contributed by atoms with van der Waals surface area (Å²) in [6.45, 7) is 5.47. The number of ether oxygens (including phenoxy) is 2. The van der Waals surface area contributed by atoms with Gasteiger partial charge in [0.2, 0.25) is 0 Å². The number of amides is 1. The van der Waals surface area contributed by atoms with Gasteiger partial charge in [0.25, 0.3) is 0 Å². The molecule has 0 aliphatic carbocycles. The number of rotatable bonds is 3. The second-order valence-electron chi connectivity index (χ2n) is 6.58. The molecule has 0 bridgehead atoms. The maximum atomic E-state index is 11.8. The Labute approximate surface area is 146 Å². The average Bonchev–Trinajstić information content (AvgIpc) is 2.55. The minimum absolute atomic E-state index is 0.485. The molecule has 0 atom stereocenters. The fourth-order valence-electron chi connectivity index (χ4n) is 2.31. The maximum Gasteiger partial charge on any atom is 0.412 e. The Kier molecular flexibility index (Phi) is 4.57. The van der Waals surface area contributed by atoms with Crippen LogP contribution in [-0.2, 0) is 4.74 Å². The molecule has 0 radical (unpaired) electrons. The number of carbonyl (C=O) groups is 1. The molecular weight excluding hydrogens is 316 g/mol. The van der Waals surface area contributed by atoms with Crippen molar-refractivity contribution in [1.29, 1.82) is 0 Å². The second-order valence-corrected chi connectivity index (χ2v) is 6.58. The predicted molar refractivity (Wildman–Crippen MR) is 98.1 cm³/mol. The molecular formula is C20H20N2O3. The molecule has 1 amide bonds. The highest BCUT2D eigenvalue weighted by Crippen LogP contribution is 2.29. The second kappa shape index (κ2) is 6.81. The Morgan fingerprint density at radius 2 is 1.72 bits per heavy atom. The number of hydrogen-bond acceptors (Lipinski definition) is 4. The van der Waals surface area contributed by atoms with Crippen LogP contribution in [0.3, 0.4) is 0 Å². The van der Waals surface area contributed by atoms with Crippen LogP contribution in [0.2, 0.25) is 0 Å². The highest BCUT2D eigenvalue weighted by Gasteiger charge is 2.16. The number of nitrogens with zero attached hydrogens (tertiary/aromatic N) is 1. The molecule has 0 aliphatic heterocycles. The van der Waals surface area contributed by atoms with E-state index in [-0.39, 0.29) is 0 Å². The molecule has 0 aliphatic rings. The first-order valence-electron chi connectivity index (χ1n) is 8.02. The van der Waals surface area contributed by atoms with Gasteiger partial charge in [0, 0.05) is 17.3 Å². The zero-order valence-corrected chi connectivity index (χ0v) is 14.4. The van der Waals surface area contributed by atoms with Gasteiger partial charge in [-0.25, -0.2) is 4.79 Å². The molecule has 25 heavy (non-hydrogen) atoms. The van der Waals surface area contributed by atoms with Crippen LogP contribution in [0.15, 0.2) is 60.8 Å². The zero-order chi connectivity index (χ0) is 17.9. The van der Waals surface area contributed by atoms with Crippen molar-refractivity contribution in [2.75, 3.05) is 5.32 Å². The monoisotopic (exact) mass is 336 g/mol. The molecule has 5 nitrogen and oxygen atoms in total. The Bertz CT molecular complexity index is 878. The van der Waals surface area contributed by atoms with Gasteiger partial charge < -0.3 is 9.47 Å². The number of para-hydroxylation sites is 1. The van der Waals surface area contributed by atoms with Gasteiger partial charge in [0.15, 0.2) is 0 Å². The normalized spacial score (nSPS) is 11.2. The number of carbonyl (C=O) groups excluding carboxylic acids is 1. The van der Waals surface area contributed by atoms with Crippen molar-refractivity contribution in [2.45, 2.75) is 26.4 Å². The van der Waals surface area contributed by atoms with Gasteiger partial charge in [-0.15, -0.1) is 0 Å². The summed E-state index contributed by atoms with van der Waals surface area (Å²) >= 11 is 0. The lowest BCUT2D eigenvalue weighted by Crippen LogP contribution is -2.27. The van der Waals surface area contributed by atoms with Gasteiger partial charge in [-0.05, 0) is 63.2 Å². The van der Waals surface area contributed by atoms with Crippen molar-refractivity contribution in [3.05, 3.63) is 60.8 Å². The summed E-state index contributed by atoms with van der Waals surface area (Å²) < 4.78 is 11.2. The molecule has 0 saturated carbocycles. The molecule has 3 aromatic rings. The van der Waals surface area contributed by atoms with Gasteiger partial charge in [-0.1, -0.05) is 12.1 Å².